The molecule has 0 bridgehead atoms. The van der Waals surface area contributed by atoms with E-state index >= 15 is 0 Å². The lowest BCUT2D eigenvalue weighted by molar-refractivity contribution is -0.126. The molecule has 3 rings (SSSR count). The van der Waals surface area contributed by atoms with E-state index in [4.69, 9.17) is 21.7 Å². The van der Waals surface area contributed by atoms with Gasteiger partial charge in [0, 0.05) is 6.54 Å². The van der Waals surface area contributed by atoms with E-state index in [1.165, 1.54) is 24.3 Å². The summed E-state index contributed by atoms with van der Waals surface area (Å²) in [5.41, 5.74) is -0.527. The van der Waals surface area contributed by atoms with Crippen molar-refractivity contribution in [3.05, 3.63) is 65.5 Å². The number of nitrogens with one attached hydrogen (secondary N) is 2. The van der Waals surface area contributed by atoms with E-state index < -0.39 is 29.0 Å². The number of thiocarbonyl (C=S) groups is 1. The van der Waals surface area contributed by atoms with Crippen LogP contribution in [-0.4, -0.2) is 47.8 Å². The molecule has 7 nitrogen and oxygen atoms in total. The highest BCUT2D eigenvalue weighted by Gasteiger charge is 2.52. The zero-order chi connectivity index (χ0) is 24.2. The summed E-state index contributed by atoms with van der Waals surface area (Å²) in [4.78, 5) is 27.4. The van der Waals surface area contributed by atoms with E-state index in [0.717, 1.165) is 11.3 Å². The summed E-state index contributed by atoms with van der Waals surface area (Å²) in [6, 6.07) is 13.2. The second-order valence-corrected chi connectivity index (χ2v) is 9.12. The molecule has 0 aliphatic carbocycles. The van der Waals surface area contributed by atoms with Gasteiger partial charge < -0.3 is 25.0 Å². The normalized spacial score (nSPS) is 18.2. The zero-order valence-corrected chi connectivity index (χ0v) is 19.9. The Hall–Kier alpha value is -3.20. The van der Waals surface area contributed by atoms with Gasteiger partial charge in [-0.05, 0) is 74.8 Å². The molecule has 1 fully saturated rings. The number of benzene rings is 2. The number of carbonyl (C=O) groups is 2. The van der Waals surface area contributed by atoms with Crippen molar-refractivity contribution in [1.82, 2.24) is 15.5 Å². The minimum atomic E-state index is -1.35. The fourth-order valence-corrected chi connectivity index (χ4v) is 4.03. The van der Waals surface area contributed by atoms with Gasteiger partial charge >= 0.3 is 6.09 Å². The molecule has 33 heavy (non-hydrogen) atoms. The van der Waals surface area contributed by atoms with Gasteiger partial charge in [-0.25, -0.2) is 9.18 Å². The number of hydrogen-bond acceptors (Lipinski definition) is 5. The van der Waals surface area contributed by atoms with Crippen LogP contribution in [0.4, 0.5) is 9.18 Å². The standard InChI is InChI=1S/C24H28FN3O4S/c1-23(2,3)32-22(30)26-15-24(17-7-9-18(25)10-8-17)20(29)27-21(33)28(24)14-13-16-5-11-19(31-4)12-6-16/h5-12H,13-15H2,1-4H3,(H,26,30)(H,27,29,33). The van der Waals surface area contributed by atoms with Crippen molar-refractivity contribution in [1.29, 1.82) is 0 Å². The Morgan fingerprint density at radius 1 is 1.15 bits per heavy atom. The molecule has 1 saturated heterocycles. The Labute approximate surface area is 198 Å². The minimum absolute atomic E-state index is 0.109. The monoisotopic (exact) mass is 473 g/mol. The fourth-order valence-electron chi connectivity index (χ4n) is 3.69. The van der Waals surface area contributed by atoms with E-state index in [9.17, 15) is 14.0 Å². The molecule has 0 radical (unpaired) electrons. The second-order valence-electron chi connectivity index (χ2n) is 8.73. The number of alkyl carbamates (subject to hydrolysis) is 1. The van der Waals surface area contributed by atoms with Crippen molar-refractivity contribution < 1.29 is 23.5 Å². The average molecular weight is 474 g/mol. The molecule has 0 saturated carbocycles. The predicted octanol–water partition coefficient (Wildman–Crippen LogP) is 3.51. The highest BCUT2D eigenvalue weighted by atomic mass is 32.1. The first-order valence-electron chi connectivity index (χ1n) is 10.5. The van der Waals surface area contributed by atoms with E-state index in [1.807, 2.05) is 24.3 Å². The summed E-state index contributed by atoms with van der Waals surface area (Å²) in [7, 11) is 1.60. The highest BCUT2D eigenvalue weighted by molar-refractivity contribution is 7.80. The summed E-state index contributed by atoms with van der Waals surface area (Å²) < 4.78 is 24.2. The molecule has 1 heterocycles. The number of carbonyl (C=O) groups excluding carboxylic acids is 2. The third-order valence-corrected chi connectivity index (χ3v) is 5.62. The number of amides is 2. The maximum absolute atomic E-state index is 13.7. The lowest BCUT2D eigenvalue weighted by Gasteiger charge is -2.37. The molecule has 1 atom stereocenters. The predicted molar refractivity (Wildman–Crippen MR) is 126 cm³/mol. The topological polar surface area (TPSA) is 79.9 Å². The van der Waals surface area contributed by atoms with Gasteiger partial charge in [0.2, 0.25) is 0 Å². The van der Waals surface area contributed by atoms with Crippen LogP contribution in [0.1, 0.15) is 31.9 Å². The largest absolute Gasteiger partial charge is 0.497 e. The van der Waals surface area contributed by atoms with Crippen molar-refractivity contribution >= 4 is 29.3 Å². The van der Waals surface area contributed by atoms with Gasteiger partial charge in [-0.15, -0.1) is 0 Å². The van der Waals surface area contributed by atoms with Gasteiger partial charge in [0.25, 0.3) is 5.91 Å². The second kappa shape index (κ2) is 9.74. The number of nitrogens with zero attached hydrogens (tertiary/aromatic N) is 1. The van der Waals surface area contributed by atoms with Crippen LogP contribution in [0.3, 0.4) is 0 Å². The van der Waals surface area contributed by atoms with Gasteiger partial charge in [0.15, 0.2) is 10.7 Å². The van der Waals surface area contributed by atoms with Crippen molar-refractivity contribution in [2.24, 2.45) is 0 Å². The van der Waals surface area contributed by atoms with Crippen LogP contribution in [0.5, 0.6) is 5.75 Å². The quantitative estimate of drug-likeness (QED) is 0.599. The molecule has 0 spiro atoms. The number of halogens is 1. The summed E-state index contributed by atoms with van der Waals surface area (Å²) in [5.74, 6) is -0.0841. The number of hydrogen-bond donors (Lipinski definition) is 2. The summed E-state index contributed by atoms with van der Waals surface area (Å²) in [6.07, 6.45) is -0.0845. The van der Waals surface area contributed by atoms with E-state index in [-0.39, 0.29) is 11.7 Å². The van der Waals surface area contributed by atoms with Crippen LogP contribution in [0.25, 0.3) is 0 Å². The molecular formula is C24H28FN3O4S. The lowest BCUT2D eigenvalue weighted by atomic mass is 9.87. The summed E-state index contributed by atoms with van der Waals surface area (Å²) >= 11 is 5.47. The summed E-state index contributed by atoms with van der Waals surface area (Å²) in [5, 5.41) is 5.65. The molecule has 9 heteroatoms. The van der Waals surface area contributed by atoms with Crippen LogP contribution in [0.2, 0.25) is 0 Å². The Kier molecular flexibility index (Phi) is 7.22. The SMILES string of the molecule is COc1ccc(CCN2C(=S)NC(=O)C2(CNC(=O)OC(C)(C)C)c2ccc(F)cc2)cc1. The molecule has 1 aliphatic rings. The van der Waals surface area contributed by atoms with Crippen LogP contribution < -0.4 is 15.4 Å². The van der Waals surface area contributed by atoms with Crippen LogP contribution in [-0.2, 0) is 21.5 Å². The maximum atomic E-state index is 13.7. The minimum Gasteiger partial charge on any atom is -0.497 e. The molecule has 2 N–H and O–H groups in total. The third-order valence-electron chi connectivity index (χ3n) is 5.29. The number of methoxy groups -OCH3 is 1. The first-order valence-corrected chi connectivity index (χ1v) is 10.9. The van der Waals surface area contributed by atoms with Crippen molar-refractivity contribution in [2.75, 3.05) is 20.2 Å². The number of ether oxygens (including phenoxy) is 2. The Morgan fingerprint density at radius 3 is 2.36 bits per heavy atom. The first-order chi connectivity index (χ1) is 15.5. The Morgan fingerprint density at radius 2 is 1.79 bits per heavy atom. The molecule has 0 aromatic heterocycles. The summed E-state index contributed by atoms with van der Waals surface area (Å²) in [6.45, 7) is 5.53. The van der Waals surface area contributed by atoms with E-state index in [1.54, 1.807) is 32.8 Å². The zero-order valence-electron chi connectivity index (χ0n) is 19.1. The maximum Gasteiger partial charge on any atom is 0.407 e. The van der Waals surface area contributed by atoms with Gasteiger partial charge in [-0.2, -0.15) is 0 Å². The molecule has 1 aliphatic heterocycles. The van der Waals surface area contributed by atoms with Crippen LogP contribution in [0, 0.1) is 5.82 Å². The van der Waals surface area contributed by atoms with Gasteiger partial charge in [-0.1, -0.05) is 24.3 Å². The molecule has 2 aromatic rings. The van der Waals surface area contributed by atoms with Crippen LogP contribution in [0.15, 0.2) is 48.5 Å². The fraction of sp³-hybridized carbons (Fsp3) is 0.375. The molecule has 2 aromatic carbocycles. The van der Waals surface area contributed by atoms with Crippen molar-refractivity contribution in [3.63, 3.8) is 0 Å². The van der Waals surface area contributed by atoms with E-state index in [2.05, 4.69) is 10.6 Å². The molecular weight excluding hydrogens is 445 g/mol. The van der Waals surface area contributed by atoms with Gasteiger partial charge in [0.05, 0.1) is 13.7 Å². The smallest absolute Gasteiger partial charge is 0.407 e. The Balaban J connectivity index is 1.91. The van der Waals surface area contributed by atoms with E-state index in [0.29, 0.717) is 18.5 Å². The van der Waals surface area contributed by atoms with Crippen molar-refractivity contribution in [2.45, 2.75) is 38.3 Å². The molecule has 2 amide bonds. The van der Waals surface area contributed by atoms with Gasteiger partial charge in [-0.3, -0.25) is 4.79 Å². The first kappa shape index (κ1) is 24.4. The molecule has 1 unspecified atom stereocenters. The molecule has 176 valence electrons. The lowest BCUT2D eigenvalue weighted by Crippen LogP contribution is -2.55. The third kappa shape index (κ3) is 5.60. The number of rotatable bonds is 7. The van der Waals surface area contributed by atoms with Crippen molar-refractivity contribution in [3.8, 4) is 5.75 Å². The average Bonchev–Trinajstić information content (AvgIpc) is 3.00. The van der Waals surface area contributed by atoms with Gasteiger partial charge in [0.1, 0.15) is 17.2 Å². The Bertz CT molecular complexity index is 1020. The van der Waals surface area contributed by atoms with Crippen LogP contribution >= 0.6 is 12.2 Å². The highest BCUT2D eigenvalue weighted by Crippen LogP contribution is 2.34.